The molecule has 8 nitrogen and oxygen atoms in total. The van der Waals surface area contributed by atoms with E-state index in [1.165, 1.54) is 11.8 Å². The fourth-order valence-electron chi connectivity index (χ4n) is 2.61. The van der Waals surface area contributed by atoms with Crippen LogP contribution in [0.15, 0.2) is 24.3 Å². The molecule has 1 saturated heterocycles. The molecule has 3 amide bonds. The number of amides is 3. The van der Waals surface area contributed by atoms with Crippen LogP contribution < -0.4 is 15.4 Å². The average Bonchev–Trinajstić information content (AvgIpc) is 2.95. The normalized spacial score (nSPS) is 19.4. The Morgan fingerprint density at radius 1 is 1.36 bits per heavy atom. The number of hydrogen-bond acceptors (Lipinski definition) is 4. The van der Waals surface area contributed by atoms with Crippen LogP contribution in [0, 0.1) is 5.41 Å². The van der Waals surface area contributed by atoms with E-state index in [9.17, 15) is 19.5 Å². The molecule has 1 aromatic carbocycles. The van der Waals surface area contributed by atoms with E-state index in [2.05, 4.69) is 10.6 Å². The Labute approximate surface area is 146 Å². The standard InChI is InChI=1S/C17H23N3O5/c1-12(21)19-13-4-3-5-14(10-13)25-9-7-18-16(24)20-8-6-17(2,11-20)15(22)23/h3-5,10H,6-9,11H2,1-2H3,(H,18,24)(H,19,21)(H,22,23). The lowest BCUT2D eigenvalue weighted by Crippen LogP contribution is -2.42. The smallest absolute Gasteiger partial charge is 0.317 e. The second-order valence-corrected chi connectivity index (χ2v) is 6.33. The number of benzene rings is 1. The van der Waals surface area contributed by atoms with Crippen molar-refractivity contribution in [1.82, 2.24) is 10.2 Å². The summed E-state index contributed by atoms with van der Waals surface area (Å²) in [6.45, 7) is 4.26. The molecule has 0 spiro atoms. The van der Waals surface area contributed by atoms with Crippen LogP contribution in [0.2, 0.25) is 0 Å². The molecule has 25 heavy (non-hydrogen) atoms. The molecule has 0 aromatic heterocycles. The van der Waals surface area contributed by atoms with Crippen LogP contribution in [-0.2, 0) is 9.59 Å². The van der Waals surface area contributed by atoms with Gasteiger partial charge in [-0.2, -0.15) is 0 Å². The first kappa shape index (κ1) is 18.6. The summed E-state index contributed by atoms with van der Waals surface area (Å²) in [6.07, 6.45) is 0.447. The highest BCUT2D eigenvalue weighted by Gasteiger charge is 2.42. The van der Waals surface area contributed by atoms with Gasteiger partial charge in [0.2, 0.25) is 5.91 Å². The highest BCUT2D eigenvalue weighted by Crippen LogP contribution is 2.29. The van der Waals surface area contributed by atoms with Gasteiger partial charge in [0.25, 0.3) is 0 Å². The van der Waals surface area contributed by atoms with E-state index in [1.54, 1.807) is 31.2 Å². The molecular formula is C17H23N3O5. The number of anilines is 1. The van der Waals surface area contributed by atoms with Gasteiger partial charge in [0.1, 0.15) is 12.4 Å². The summed E-state index contributed by atoms with van der Waals surface area (Å²) in [5, 5.41) is 14.6. The number of aliphatic carboxylic acids is 1. The molecule has 1 aliphatic heterocycles. The summed E-state index contributed by atoms with van der Waals surface area (Å²) >= 11 is 0. The Hall–Kier alpha value is -2.77. The minimum atomic E-state index is -0.884. The number of nitrogens with one attached hydrogen (secondary N) is 2. The van der Waals surface area contributed by atoms with E-state index in [-0.39, 0.29) is 25.1 Å². The summed E-state index contributed by atoms with van der Waals surface area (Å²) in [4.78, 5) is 35.8. The van der Waals surface area contributed by atoms with Gasteiger partial charge in [-0.05, 0) is 25.5 Å². The summed E-state index contributed by atoms with van der Waals surface area (Å²) < 4.78 is 5.54. The third-order valence-electron chi connectivity index (χ3n) is 4.08. The van der Waals surface area contributed by atoms with Crippen molar-refractivity contribution in [2.45, 2.75) is 20.3 Å². The Bertz CT molecular complexity index is 663. The first-order chi connectivity index (χ1) is 11.8. The van der Waals surface area contributed by atoms with Crippen molar-refractivity contribution in [3.63, 3.8) is 0 Å². The number of carboxylic acid groups (broad SMARTS) is 1. The predicted molar refractivity (Wildman–Crippen MR) is 91.6 cm³/mol. The Morgan fingerprint density at radius 3 is 2.76 bits per heavy atom. The monoisotopic (exact) mass is 349 g/mol. The van der Waals surface area contributed by atoms with Crippen LogP contribution in [0.25, 0.3) is 0 Å². The molecule has 1 fully saturated rings. The van der Waals surface area contributed by atoms with E-state index in [4.69, 9.17) is 4.74 Å². The quantitative estimate of drug-likeness (QED) is 0.675. The number of hydrogen-bond donors (Lipinski definition) is 3. The second kappa shape index (κ2) is 7.87. The molecule has 0 bridgehead atoms. The average molecular weight is 349 g/mol. The largest absolute Gasteiger partial charge is 0.492 e. The van der Waals surface area contributed by atoms with Gasteiger partial charge in [0.05, 0.1) is 12.0 Å². The van der Waals surface area contributed by atoms with Gasteiger partial charge in [0.15, 0.2) is 0 Å². The van der Waals surface area contributed by atoms with Crippen molar-refractivity contribution in [2.75, 3.05) is 31.6 Å². The van der Waals surface area contributed by atoms with Gasteiger partial charge in [-0.1, -0.05) is 6.07 Å². The first-order valence-corrected chi connectivity index (χ1v) is 8.07. The second-order valence-electron chi connectivity index (χ2n) is 6.33. The molecule has 1 heterocycles. The van der Waals surface area contributed by atoms with Gasteiger partial charge >= 0.3 is 12.0 Å². The maximum Gasteiger partial charge on any atom is 0.317 e. The number of carbonyl (C=O) groups excluding carboxylic acids is 2. The fourth-order valence-corrected chi connectivity index (χ4v) is 2.61. The van der Waals surface area contributed by atoms with Gasteiger partial charge in [-0.25, -0.2) is 4.79 Å². The molecule has 0 radical (unpaired) electrons. The lowest BCUT2D eigenvalue weighted by atomic mass is 9.90. The minimum Gasteiger partial charge on any atom is -0.492 e. The minimum absolute atomic E-state index is 0.164. The van der Waals surface area contributed by atoms with Gasteiger partial charge < -0.3 is 25.4 Å². The molecule has 2 rings (SSSR count). The zero-order chi connectivity index (χ0) is 18.4. The summed E-state index contributed by atoms with van der Waals surface area (Å²) in [5.41, 5.74) is -0.239. The zero-order valence-corrected chi connectivity index (χ0v) is 14.4. The fraction of sp³-hybridized carbons (Fsp3) is 0.471. The number of ether oxygens (including phenoxy) is 1. The first-order valence-electron chi connectivity index (χ1n) is 8.07. The van der Waals surface area contributed by atoms with Gasteiger partial charge in [-0.15, -0.1) is 0 Å². The summed E-state index contributed by atoms with van der Waals surface area (Å²) in [7, 11) is 0. The van der Waals surface area contributed by atoms with E-state index in [0.29, 0.717) is 30.9 Å². The molecule has 8 heteroatoms. The molecule has 0 aliphatic carbocycles. The highest BCUT2D eigenvalue weighted by molar-refractivity contribution is 5.88. The molecule has 1 aliphatic rings. The van der Waals surface area contributed by atoms with E-state index < -0.39 is 11.4 Å². The number of carboxylic acids is 1. The summed E-state index contributed by atoms with van der Waals surface area (Å²) in [6, 6.07) is 6.67. The van der Waals surface area contributed by atoms with Gasteiger partial charge in [-0.3, -0.25) is 9.59 Å². The summed E-state index contributed by atoms with van der Waals surface area (Å²) in [5.74, 6) is -0.464. The topological polar surface area (TPSA) is 108 Å². The van der Waals surface area contributed by atoms with Crippen molar-refractivity contribution in [1.29, 1.82) is 0 Å². The van der Waals surface area contributed by atoms with Crippen LogP contribution in [0.5, 0.6) is 5.75 Å². The van der Waals surface area contributed by atoms with Crippen molar-refractivity contribution in [3.8, 4) is 5.75 Å². The van der Waals surface area contributed by atoms with Crippen molar-refractivity contribution in [2.24, 2.45) is 5.41 Å². The SMILES string of the molecule is CC(=O)Nc1cccc(OCCNC(=O)N2CCC(C)(C(=O)O)C2)c1. The van der Waals surface area contributed by atoms with E-state index in [1.807, 2.05) is 0 Å². The maximum atomic E-state index is 12.1. The van der Waals surface area contributed by atoms with E-state index in [0.717, 1.165) is 0 Å². The third-order valence-corrected chi connectivity index (χ3v) is 4.08. The van der Waals surface area contributed by atoms with Crippen molar-refractivity contribution >= 4 is 23.6 Å². The lowest BCUT2D eigenvalue weighted by molar-refractivity contribution is -0.147. The molecule has 1 aromatic rings. The van der Waals surface area contributed by atoms with Crippen LogP contribution in [0.1, 0.15) is 20.3 Å². The Balaban J connectivity index is 1.74. The molecular weight excluding hydrogens is 326 g/mol. The molecule has 1 unspecified atom stereocenters. The van der Waals surface area contributed by atoms with Crippen molar-refractivity contribution < 1.29 is 24.2 Å². The van der Waals surface area contributed by atoms with Gasteiger partial charge in [0, 0.05) is 31.8 Å². The Morgan fingerprint density at radius 2 is 2.12 bits per heavy atom. The maximum absolute atomic E-state index is 12.1. The van der Waals surface area contributed by atoms with Crippen LogP contribution in [-0.4, -0.2) is 54.2 Å². The zero-order valence-electron chi connectivity index (χ0n) is 14.4. The van der Waals surface area contributed by atoms with Crippen LogP contribution in [0.4, 0.5) is 10.5 Å². The van der Waals surface area contributed by atoms with Crippen LogP contribution >= 0.6 is 0 Å². The number of rotatable bonds is 6. The third kappa shape index (κ3) is 5.10. The highest BCUT2D eigenvalue weighted by atomic mass is 16.5. The number of urea groups is 1. The number of carbonyl (C=O) groups is 3. The van der Waals surface area contributed by atoms with Crippen molar-refractivity contribution in [3.05, 3.63) is 24.3 Å². The van der Waals surface area contributed by atoms with E-state index >= 15 is 0 Å². The number of likely N-dealkylation sites (tertiary alicyclic amines) is 1. The number of nitrogens with zero attached hydrogens (tertiary/aromatic N) is 1. The predicted octanol–water partition coefficient (Wildman–Crippen LogP) is 1.53. The Kier molecular flexibility index (Phi) is 5.84. The molecule has 136 valence electrons. The lowest BCUT2D eigenvalue weighted by Gasteiger charge is -2.20. The molecule has 1 atom stereocenters. The molecule has 3 N–H and O–H groups in total. The van der Waals surface area contributed by atoms with Crippen LogP contribution in [0.3, 0.4) is 0 Å². The molecule has 0 saturated carbocycles.